The molecule has 1 N–H and O–H groups in total. The fourth-order valence-electron chi connectivity index (χ4n) is 2.41. The number of rotatable bonds is 7. The summed E-state index contributed by atoms with van der Waals surface area (Å²) in [4.78, 5) is 16.8. The van der Waals surface area contributed by atoms with Crippen LogP contribution in [0.1, 0.15) is 18.1 Å². The van der Waals surface area contributed by atoms with E-state index in [0.717, 1.165) is 16.8 Å². The third-order valence-electron chi connectivity index (χ3n) is 3.97. The van der Waals surface area contributed by atoms with Crippen molar-refractivity contribution in [1.82, 2.24) is 4.98 Å². The van der Waals surface area contributed by atoms with Crippen molar-refractivity contribution in [3.8, 4) is 17.3 Å². The summed E-state index contributed by atoms with van der Waals surface area (Å²) in [6.07, 6.45) is 0. The molecule has 6 heteroatoms. The van der Waals surface area contributed by atoms with Crippen LogP contribution in [0, 0.1) is 17.2 Å². The van der Waals surface area contributed by atoms with Crippen molar-refractivity contribution in [3.63, 3.8) is 0 Å². The van der Waals surface area contributed by atoms with Crippen LogP contribution in [0.5, 0.6) is 0 Å². The Morgan fingerprint density at radius 3 is 2.67 bits per heavy atom. The van der Waals surface area contributed by atoms with Crippen LogP contribution in [-0.2, 0) is 16.1 Å². The Morgan fingerprint density at radius 1 is 1.22 bits per heavy atom. The molecule has 27 heavy (non-hydrogen) atoms. The topological polar surface area (TPSA) is 75.0 Å². The maximum absolute atomic E-state index is 12.3. The lowest BCUT2D eigenvalue weighted by molar-refractivity contribution is -0.121. The van der Waals surface area contributed by atoms with Gasteiger partial charge in [0.2, 0.25) is 5.91 Å². The number of ether oxygens (including phenoxy) is 1. The molecule has 2 aromatic carbocycles. The van der Waals surface area contributed by atoms with Crippen LogP contribution in [0.2, 0.25) is 0 Å². The van der Waals surface area contributed by atoms with E-state index >= 15 is 0 Å². The number of carbonyl (C=O) groups excluding carboxylic acids is 1. The van der Waals surface area contributed by atoms with Gasteiger partial charge in [-0.25, -0.2) is 4.98 Å². The van der Waals surface area contributed by atoms with E-state index in [0.29, 0.717) is 23.9 Å². The van der Waals surface area contributed by atoms with Crippen LogP contribution in [0.3, 0.4) is 0 Å². The Balaban J connectivity index is 1.47. The van der Waals surface area contributed by atoms with Gasteiger partial charge in [-0.3, -0.25) is 4.79 Å². The summed E-state index contributed by atoms with van der Waals surface area (Å²) in [5, 5.41) is 14.2. The van der Waals surface area contributed by atoms with E-state index in [1.165, 1.54) is 11.3 Å². The lowest BCUT2D eigenvalue weighted by Crippen LogP contribution is -2.24. The van der Waals surface area contributed by atoms with Gasteiger partial charge in [-0.2, -0.15) is 5.26 Å². The lowest BCUT2D eigenvalue weighted by atomic mass is 10.1. The van der Waals surface area contributed by atoms with Crippen LogP contribution in [-0.4, -0.2) is 17.5 Å². The highest BCUT2D eigenvalue weighted by Gasteiger charge is 2.15. The molecule has 0 unspecified atom stereocenters. The minimum atomic E-state index is -0.299. The van der Waals surface area contributed by atoms with E-state index in [1.54, 1.807) is 12.1 Å². The zero-order chi connectivity index (χ0) is 19.1. The number of benzene rings is 2. The van der Waals surface area contributed by atoms with Gasteiger partial charge in [0.05, 0.1) is 36.5 Å². The SMILES string of the molecule is C[C@@H](COCc1ccc(C#N)cc1)C(=O)Nc1nc(-c2ccccc2)cs1. The van der Waals surface area contributed by atoms with E-state index in [2.05, 4.69) is 16.4 Å². The molecule has 3 aromatic rings. The normalized spacial score (nSPS) is 11.6. The van der Waals surface area contributed by atoms with E-state index in [1.807, 2.05) is 54.8 Å². The Hall–Kier alpha value is -3.01. The molecule has 0 fully saturated rings. The number of amides is 1. The highest BCUT2D eigenvalue weighted by Crippen LogP contribution is 2.24. The highest BCUT2D eigenvalue weighted by molar-refractivity contribution is 7.14. The molecule has 136 valence electrons. The van der Waals surface area contributed by atoms with Crippen LogP contribution in [0.25, 0.3) is 11.3 Å². The number of anilines is 1. The fraction of sp³-hybridized carbons (Fsp3) is 0.190. The van der Waals surface area contributed by atoms with E-state index in [4.69, 9.17) is 10.00 Å². The number of nitrogens with zero attached hydrogens (tertiary/aromatic N) is 2. The number of thiazole rings is 1. The standard InChI is InChI=1S/C21H19N3O2S/c1-15(12-26-13-17-9-7-16(11-22)8-10-17)20(25)24-21-23-19(14-27-21)18-5-3-2-4-6-18/h2-10,14-15H,12-13H2,1H3,(H,23,24,25)/t15-/m0/s1. The Labute approximate surface area is 162 Å². The smallest absolute Gasteiger partial charge is 0.231 e. The molecule has 1 atom stereocenters. The summed E-state index contributed by atoms with van der Waals surface area (Å²) in [6.45, 7) is 2.53. The Kier molecular flexibility index (Phi) is 6.31. The lowest BCUT2D eigenvalue weighted by Gasteiger charge is -2.11. The quantitative estimate of drug-likeness (QED) is 0.659. The van der Waals surface area contributed by atoms with Gasteiger partial charge in [-0.05, 0) is 17.7 Å². The first-order valence-electron chi connectivity index (χ1n) is 8.54. The summed E-state index contributed by atoms with van der Waals surface area (Å²) in [7, 11) is 0. The molecule has 0 aliphatic heterocycles. The van der Waals surface area contributed by atoms with E-state index in [9.17, 15) is 4.79 Å². The van der Waals surface area contributed by atoms with Gasteiger partial charge < -0.3 is 10.1 Å². The fourth-order valence-corrected chi connectivity index (χ4v) is 3.13. The molecule has 0 saturated carbocycles. The molecule has 1 amide bonds. The monoisotopic (exact) mass is 377 g/mol. The first-order valence-corrected chi connectivity index (χ1v) is 9.42. The third-order valence-corrected chi connectivity index (χ3v) is 4.73. The molecule has 3 rings (SSSR count). The summed E-state index contributed by atoms with van der Waals surface area (Å²) < 4.78 is 5.63. The predicted molar refractivity (Wildman–Crippen MR) is 106 cm³/mol. The molecule has 1 heterocycles. The molecule has 5 nitrogen and oxygen atoms in total. The first kappa shape index (κ1) is 18.8. The third kappa shape index (κ3) is 5.23. The van der Waals surface area contributed by atoms with Gasteiger partial charge >= 0.3 is 0 Å². The Morgan fingerprint density at radius 2 is 1.96 bits per heavy atom. The number of nitriles is 1. The number of aromatic nitrogens is 1. The molecule has 0 aliphatic rings. The molecular weight excluding hydrogens is 358 g/mol. The molecule has 0 radical (unpaired) electrons. The number of hydrogen-bond acceptors (Lipinski definition) is 5. The molecule has 0 bridgehead atoms. The van der Waals surface area contributed by atoms with Crippen molar-refractivity contribution in [2.24, 2.45) is 5.92 Å². The molecule has 0 aliphatic carbocycles. The van der Waals surface area contributed by atoms with E-state index < -0.39 is 0 Å². The second-order valence-electron chi connectivity index (χ2n) is 6.12. The first-order chi connectivity index (χ1) is 13.2. The molecule has 1 aromatic heterocycles. The largest absolute Gasteiger partial charge is 0.376 e. The maximum Gasteiger partial charge on any atom is 0.231 e. The molecule has 0 saturated heterocycles. The van der Waals surface area contributed by atoms with Crippen LogP contribution in [0.15, 0.2) is 60.0 Å². The van der Waals surface area contributed by atoms with Crippen molar-refractivity contribution in [1.29, 1.82) is 5.26 Å². The second kappa shape index (κ2) is 9.08. The van der Waals surface area contributed by atoms with Gasteiger partial charge in [0, 0.05) is 10.9 Å². The van der Waals surface area contributed by atoms with E-state index in [-0.39, 0.29) is 11.8 Å². The van der Waals surface area contributed by atoms with Gasteiger partial charge in [-0.15, -0.1) is 11.3 Å². The van der Waals surface area contributed by atoms with Crippen molar-refractivity contribution >= 4 is 22.4 Å². The molecule has 0 spiro atoms. The average molecular weight is 377 g/mol. The van der Waals surface area contributed by atoms with Gasteiger partial charge in [0.25, 0.3) is 0 Å². The summed E-state index contributed by atoms with van der Waals surface area (Å²) in [6, 6.07) is 19.1. The van der Waals surface area contributed by atoms with Crippen LogP contribution in [0.4, 0.5) is 5.13 Å². The average Bonchev–Trinajstić information content (AvgIpc) is 3.17. The van der Waals surface area contributed by atoms with Crippen molar-refractivity contribution < 1.29 is 9.53 Å². The van der Waals surface area contributed by atoms with Crippen molar-refractivity contribution in [2.75, 3.05) is 11.9 Å². The molecular formula is C21H19N3O2S. The summed E-state index contributed by atoms with van der Waals surface area (Å²) in [5.74, 6) is -0.420. The minimum Gasteiger partial charge on any atom is -0.376 e. The minimum absolute atomic E-state index is 0.121. The predicted octanol–water partition coefficient (Wildman–Crippen LogP) is 4.47. The zero-order valence-corrected chi connectivity index (χ0v) is 15.7. The summed E-state index contributed by atoms with van der Waals surface area (Å²) in [5.41, 5.74) is 3.45. The van der Waals surface area contributed by atoms with Crippen molar-refractivity contribution in [2.45, 2.75) is 13.5 Å². The number of carbonyl (C=O) groups is 1. The maximum atomic E-state index is 12.3. The van der Waals surface area contributed by atoms with Crippen molar-refractivity contribution in [3.05, 3.63) is 71.1 Å². The Bertz CT molecular complexity index is 930. The number of hydrogen-bond donors (Lipinski definition) is 1. The van der Waals surface area contributed by atoms with Gasteiger partial charge in [-0.1, -0.05) is 49.4 Å². The summed E-state index contributed by atoms with van der Waals surface area (Å²) >= 11 is 1.40. The second-order valence-corrected chi connectivity index (χ2v) is 6.98. The van der Waals surface area contributed by atoms with Gasteiger partial charge in [0.1, 0.15) is 0 Å². The number of nitrogens with one attached hydrogen (secondary N) is 1. The highest BCUT2D eigenvalue weighted by atomic mass is 32.1. The van der Waals surface area contributed by atoms with Gasteiger partial charge in [0.15, 0.2) is 5.13 Å². The zero-order valence-electron chi connectivity index (χ0n) is 14.9. The van der Waals surface area contributed by atoms with Crippen LogP contribution < -0.4 is 5.32 Å². The van der Waals surface area contributed by atoms with Crippen LogP contribution >= 0.6 is 11.3 Å².